The molecule has 0 fully saturated rings. The van der Waals surface area contributed by atoms with Crippen LogP contribution < -0.4 is 10.9 Å². The maximum Gasteiger partial charge on any atom is 0.335 e. The van der Waals surface area contributed by atoms with Crippen molar-refractivity contribution in [1.82, 2.24) is 4.98 Å². The lowest BCUT2D eigenvalue weighted by atomic mass is 10.3. The van der Waals surface area contributed by atoms with Crippen LogP contribution in [0.5, 0.6) is 0 Å². The molecule has 0 aliphatic carbocycles. The van der Waals surface area contributed by atoms with E-state index in [9.17, 15) is 9.59 Å². The van der Waals surface area contributed by atoms with Crippen molar-refractivity contribution in [3.8, 4) is 0 Å². The molecule has 2 aromatic heterocycles. The summed E-state index contributed by atoms with van der Waals surface area (Å²) in [5, 5.41) is 4.96. The van der Waals surface area contributed by atoms with Crippen molar-refractivity contribution in [3.63, 3.8) is 0 Å². The molecular formula is C10H8N2O3S. The van der Waals surface area contributed by atoms with Gasteiger partial charge in [-0.05, 0) is 13.0 Å². The van der Waals surface area contributed by atoms with Gasteiger partial charge in [-0.3, -0.25) is 10.1 Å². The number of nitrogens with zero attached hydrogens (tertiary/aromatic N) is 1. The molecule has 0 radical (unpaired) electrons. The van der Waals surface area contributed by atoms with Gasteiger partial charge in [-0.25, -0.2) is 9.78 Å². The Hall–Kier alpha value is -1.95. The van der Waals surface area contributed by atoms with Gasteiger partial charge in [0.05, 0.1) is 11.3 Å². The van der Waals surface area contributed by atoms with Crippen molar-refractivity contribution in [2.24, 2.45) is 0 Å². The molecule has 82 valence electrons. The number of amides is 1. The minimum atomic E-state index is -0.485. The number of aryl methyl sites for hydroxylation is 1. The van der Waals surface area contributed by atoms with Gasteiger partial charge in [0.25, 0.3) is 5.91 Å². The Morgan fingerprint density at radius 1 is 1.50 bits per heavy atom. The van der Waals surface area contributed by atoms with Crippen LogP contribution in [0.4, 0.5) is 5.13 Å². The SMILES string of the molecule is Cc1csc(NC(=O)c2ccc(=O)oc2)n1. The van der Waals surface area contributed by atoms with Crippen LogP contribution >= 0.6 is 11.3 Å². The number of aromatic nitrogens is 1. The second-order valence-electron chi connectivity index (χ2n) is 3.09. The maximum atomic E-state index is 11.6. The first kappa shape index (κ1) is 10.6. The fourth-order valence-corrected chi connectivity index (χ4v) is 1.75. The molecule has 2 heterocycles. The first-order valence-corrected chi connectivity index (χ1v) is 5.35. The van der Waals surface area contributed by atoms with E-state index in [1.54, 1.807) is 0 Å². The van der Waals surface area contributed by atoms with Gasteiger partial charge in [-0.15, -0.1) is 11.3 Å². The quantitative estimate of drug-likeness (QED) is 0.860. The summed E-state index contributed by atoms with van der Waals surface area (Å²) < 4.78 is 4.59. The Morgan fingerprint density at radius 2 is 2.31 bits per heavy atom. The number of hydrogen-bond donors (Lipinski definition) is 1. The van der Waals surface area contributed by atoms with E-state index in [0.29, 0.717) is 5.13 Å². The number of carbonyl (C=O) groups is 1. The van der Waals surface area contributed by atoms with Crippen LogP contribution in [-0.2, 0) is 0 Å². The molecular weight excluding hydrogens is 228 g/mol. The number of nitrogens with one attached hydrogen (secondary N) is 1. The fraction of sp³-hybridized carbons (Fsp3) is 0.100. The third-order valence-corrected chi connectivity index (χ3v) is 2.68. The summed E-state index contributed by atoms with van der Waals surface area (Å²) >= 11 is 1.34. The van der Waals surface area contributed by atoms with Crippen molar-refractivity contribution >= 4 is 22.4 Å². The topological polar surface area (TPSA) is 72.2 Å². The molecule has 0 aromatic carbocycles. The normalized spacial score (nSPS) is 10.1. The third-order valence-electron chi connectivity index (χ3n) is 1.80. The van der Waals surface area contributed by atoms with Crippen LogP contribution in [-0.4, -0.2) is 10.9 Å². The Kier molecular flexibility index (Phi) is 2.82. The standard InChI is InChI=1S/C10H8N2O3S/c1-6-5-16-10(11-6)12-9(14)7-2-3-8(13)15-4-7/h2-5H,1H3,(H,11,12,14). The van der Waals surface area contributed by atoms with Gasteiger partial charge in [-0.1, -0.05) is 0 Å². The summed E-state index contributed by atoms with van der Waals surface area (Å²) in [6, 6.07) is 2.60. The number of hydrogen-bond acceptors (Lipinski definition) is 5. The first-order chi connectivity index (χ1) is 7.65. The highest BCUT2D eigenvalue weighted by molar-refractivity contribution is 7.13. The monoisotopic (exact) mass is 236 g/mol. The predicted molar refractivity (Wildman–Crippen MR) is 59.8 cm³/mol. The molecule has 0 saturated carbocycles. The molecule has 0 aliphatic heterocycles. The Labute approximate surface area is 94.8 Å². The van der Waals surface area contributed by atoms with Gasteiger partial charge in [0.1, 0.15) is 6.26 Å². The van der Waals surface area contributed by atoms with Crippen molar-refractivity contribution < 1.29 is 9.21 Å². The van der Waals surface area contributed by atoms with Gasteiger partial charge in [-0.2, -0.15) is 0 Å². The molecule has 0 spiro atoms. The van der Waals surface area contributed by atoms with E-state index < -0.39 is 5.63 Å². The maximum absolute atomic E-state index is 11.6. The summed E-state index contributed by atoms with van der Waals surface area (Å²) in [5.41, 5.74) is 0.647. The Balaban J connectivity index is 2.14. The van der Waals surface area contributed by atoms with Crippen LogP contribution in [0.15, 0.2) is 33.0 Å². The van der Waals surface area contributed by atoms with E-state index in [1.165, 1.54) is 23.5 Å². The molecule has 1 N–H and O–H groups in total. The molecule has 0 atom stereocenters. The van der Waals surface area contributed by atoms with Crippen molar-refractivity contribution in [1.29, 1.82) is 0 Å². The average molecular weight is 236 g/mol. The van der Waals surface area contributed by atoms with E-state index in [2.05, 4.69) is 14.7 Å². The predicted octanol–water partition coefficient (Wildman–Crippen LogP) is 1.66. The lowest BCUT2D eigenvalue weighted by Gasteiger charge is -1.99. The smallest absolute Gasteiger partial charge is 0.335 e. The highest BCUT2D eigenvalue weighted by Gasteiger charge is 2.08. The summed E-state index contributed by atoms with van der Waals surface area (Å²) in [6.45, 7) is 1.84. The van der Waals surface area contributed by atoms with Crippen LogP contribution in [0.25, 0.3) is 0 Å². The summed E-state index contributed by atoms with van der Waals surface area (Å²) in [4.78, 5) is 26.4. The van der Waals surface area contributed by atoms with Crippen LogP contribution in [0.1, 0.15) is 16.1 Å². The third kappa shape index (κ3) is 2.34. The number of carbonyl (C=O) groups excluding carboxylic acids is 1. The zero-order chi connectivity index (χ0) is 11.5. The van der Waals surface area contributed by atoms with Gasteiger partial charge in [0, 0.05) is 11.4 Å². The minimum absolute atomic E-state index is 0.285. The van der Waals surface area contributed by atoms with E-state index in [0.717, 1.165) is 12.0 Å². The molecule has 2 aromatic rings. The van der Waals surface area contributed by atoms with E-state index in [4.69, 9.17) is 0 Å². The average Bonchev–Trinajstić information content (AvgIpc) is 2.65. The summed E-state index contributed by atoms with van der Waals surface area (Å²) in [6.07, 6.45) is 1.12. The summed E-state index contributed by atoms with van der Waals surface area (Å²) in [7, 11) is 0. The van der Waals surface area contributed by atoms with Crippen molar-refractivity contribution in [2.45, 2.75) is 6.92 Å². The summed E-state index contributed by atoms with van der Waals surface area (Å²) in [5.74, 6) is -0.349. The van der Waals surface area contributed by atoms with Gasteiger partial charge >= 0.3 is 5.63 Å². The molecule has 0 aliphatic rings. The first-order valence-electron chi connectivity index (χ1n) is 4.47. The highest BCUT2D eigenvalue weighted by atomic mass is 32.1. The van der Waals surface area contributed by atoms with E-state index in [-0.39, 0.29) is 11.5 Å². The van der Waals surface area contributed by atoms with E-state index >= 15 is 0 Å². The second kappa shape index (κ2) is 4.28. The number of rotatable bonds is 2. The molecule has 16 heavy (non-hydrogen) atoms. The molecule has 0 unspecified atom stereocenters. The molecule has 2 rings (SSSR count). The van der Waals surface area contributed by atoms with Crippen LogP contribution in [0, 0.1) is 6.92 Å². The fourth-order valence-electron chi connectivity index (χ4n) is 1.07. The second-order valence-corrected chi connectivity index (χ2v) is 3.95. The largest absolute Gasteiger partial charge is 0.430 e. The van der Waals surface area contributed by atoms with Crippen LogP contribution in [0.3, 0.4) is 0 Å². The van der Waals surface area contributed by atoms with Crippen molar-refractivity contribution in [2.75, 3.05) is 5.32 Å². The number of thiazole rings is 1. The minimum Gasteiger partial charge on any atom is -0.430 e. The zero-order valence-corrected chi connectivity index (χ0v) is 9.21. The van der Waals surface area contributed by atoms with Gasteiger partial charge in [0.2, 0.25) is 0 Å². The lowest BCUT2D eigenvalue weighted by Crippen LogP contribution is -2.12. The molecule has 6 heteroatoms. The highest BCUT2D eigenvalue weighted by Crippen LogP contribution is 2.15. The lowest BCUT2D eigenvalue weighted by molar-refractivity contribution is 0.102. The Morgan fingerprint density at radius 3 is 2.88 bits per heavy atom. The molecule has 0 saturated heterocycles. The molecule has 1 amide bonds. The van der Waals surface area contributed by atoms with E-state index in [1.807, 2.05) is 12.3 Å². The Bertz CT molecular complexity index is 553. The number of anilines is 1. The molecule has 0 bridgehead atoms. The van der Waals surface area contributed by atoms with Crippen molar-refractivity contribution in [3.05, 3.63) is 45.5 Å². The van der Waals surface area contributed by atoms with Gasteiger partial charge < -0.3 is 4.42 Å². The van der Waals surface area contributed by atoms with Gasteiger partial charge in [0.15, 0.2) is 5.13 Å². The van der Waals surface area contributed by atoms with Crippen LogP contribution in [0.2, 0.25) is 0 Å². The zero-order valence-electron chi connectivity index (χ0n) is 8.39. The molecule has 5 nitrogen and oxygen atoms in total.